The molecule has 90 valence electrons. The van der Waals surface area contributed by atoms with Crippen molar-refractivity contribution >= 4 is 43.2 Å². The van der Waals surface area contributed by atoms with Gasteiger partial charge in [-0.25, -0.2) is 0 Å². The number of rotatable bonds is 2. The summed E-state index contributed by atoms with van der Waals surface area (Å²) in [6, 6.07) is 7.97. The topological polar surface area (TPSA) is 20.2 Å². The molecule has 0 aliphatic carbocycles. The van der Waals surface area contributed by atoms with Gasteiger partial charge in [-0.1, -0.05) is 28.1 Å². The van der Waals surface area contributed by atoms with Gasteiger partial charge in [0.1, 0.15) is 6.10 Å². The summed E-state index contributed by atoms with van der Waals surface area (Å²) in [6.45, 7) is 4.06. The van der Waals surface area contributed by atoms with E-state index in [2.05, 4.69) is 31.9 Å². The molecular formula is C13H12Br2OS. The normalized spacial score (nSPS) is 12.8. The monoisotopic (exact) mass is 374 g/mol. The van der Waals surface area contributed by atoms with Gasteiger partial charge in [0.15, 0.2) is 0 Å². The minimum Gasteiger partial charge on any atom is -0.383 e. The van der Waals surface area contributed by atoms with Gasteiger partial charge in [0.05, 0.1) is 3.79 Å². The number of benzene rings is 1. The molecule has 0 spiro atoms. The molecule has 4 heteroatoms. The Morgan fingerprint density at radius 1 is 1.12 bits per heavy atom. The fraction of sp³-hybridized carbons (Fsp3) is 0.231. The summed E-state index contributed by atoms with van der Waals surface area (Å²) in [7, 11) is 0. The Labute approximate surface area is 122 Å². The molecule has 1 aromatic carbocycles. The molecule has 0 bridgehead atoms. The quantitative estimate of drug-likeness (QED) is 0.785. The Morgan fingerprint density at radius 2 is 1.82 bits per heavy atom. The fourth-order valence-electron chi connectivity index (χ4n) is 1.56. The second kappa shape index (κ2) is 5.22. The van der Waals surface area contributed by atoms with Gasteiger partial charge in [0.2, 0.25) is 0 Å². The maximum atomic E-state index is 10.3. The summed E-state index contributed by atoms with van der Waals surface area (Å²) in [5.41, 5.74) is 3.25. The standard InChI is InChI=1S/C13H12Br2OS/c1-7-3-4-9(6-10(7)14)12(16)11-5-8(2)13(15)17-11/h3-6,12,16H,1-2H3. The maximum Gasteiger partial charge on any atom is 0.113 e. The number of hydrogen-bond donors (Lipinski definition) is 1. The number of halogens is 2. The first-order valence-corrected chi connectivity index (χ1v) is 7.59. The Balaban J connectivity index is 2.36. The summed E-state index contributed by atoms with van der Waals surface area (Å²) in [4.78, 5) is 0.963. The fourth-order valence-corrected chi connectivity index (χ4v) is 3.54. The molecule has 1 nitrogen and oxygen atoms in total. The van der Waals surface area contributed by atoms with Crippen molar-refractivity contribution < 1.29 is 5.11 Å². The maximum absolute atomic E-state index is 10.3. The second-order valence-electron chi connectivity index (χ2n) is 4.02. The van der Waals surface area contributed by atoms with Crippen LogP contribution in [-0.2, 0) is 0 Å². The first kappa shape index (κ1) is 13.3. The molecule has 1 aromatic heterocycles. The molecule has 1 N–H and O–H groups in total. The van der Waals surface area contributed by atoms with Gasteiger partial charge in [-0.05, 0) is 58.6 Å². The predicted octanol–water partition coefficient (Wildman–Crippen LogP) is 4.97. The summed E-state index contributed by atoms with van der Waals surface area (Å²) in [5, 5.41) is 10.3. The van der Waals surface area contributed by atoms with Crippen molar-refractivity contribution in [2.24, 2.45) is 0 Å². The zero-order valence-corrected chi connectivity index (χ0v) is 13.5. The number of aliphatic hydroxyl groups is 1. The highest BCUT2D eigenvalue weighted by Gasteiger charge is 2.15. The van der Waals surface area contributed by atoms with Crippen molar-refractivity contribution in [2.45, 2.75) is 20.0 Å². The van der Waals surface area contributed by atoms with Gasteiger partial charge in [-0.3, -0.25) is 0 Å². The van der Waals surface area contributed by atoms with Crippen LogP contribution >= 0.6 is 43.2 Å². The third-order valence-corrected chi connectivity index (χ3v) is 5.70. The third kappa shape index (κ3) is 2.81. The van der Waals surface area contributed by atoms with Crippen molar-refractivity contribution in [2.75, 3.05) is 0 Å². The van der Waals surface area contributed by atoms with Crippen LogP contribution in [0.3, 0.4) is 0 Å². The molecule has 1 unspecified atom stereocenters. The van der Waals surface area contributed by atoms with Crippen molar-refractivity contribution in [3.8, 4) is 0 Å². The van der Waals surface area contributed by atoms with E-state index in [1.54, 1.807) is 11.3 Å². The zero-order valence-electron chi connectivity index (χ0n) is 9.50. The zero-order chi connectivity index (χ0) is 12.6. The number of aliphatic hydroxyl groups excluding tert-OH is 1. The molecular weight excluding hydrogens is 364 g/mol. The average Bonchev–Trinajstić information content (AvgIpc) is 2.62. The SMILES string of the molecule is Cc1ccc(C(O)c2cc(C)c(Br)s2)cc1Br. The lowest BCUT2D eigenvalue weighted by molar-refractivity contribution is 0.224. The van der Waals surface area contributed by atoms with Gasteiger partial charge in [0.25, 0.3) is 0 Å². The molecule has 0 aliphatic rings. The van der Waals surface area contributed by atoms with Gasteiger partial charge >= 0.3 is 0 Å². The van der Waals surface area contributed by atoms with Gasteiger partial charge in [-0.2, -0.15) is 0 Å². The van der Waals surface area contributed by atoms with Crippen LogP contribution in [0.2, 0.25) is 0 Å². The van der Waals surface area contributed by atoms with Crippen LogP contribution in [-0.4, -0.2) is 5.11 Å². The van der Waals surface area contributed by atoms with E-state index >= 15 is 0 Å². The van der Waals surface area contributed by atoms with Crippen molar-refractivity contribution in [1.82, 2.24) is 0 Å². The van der Waals surface area contributed by atoms with Crippen LogP contribution in [0.1, 0.15) is 27.7 Å². The number of hydrogen-bond acceptors (Lipinski definition) is 2. The number of aryl methyl sites for hydroxylation is 2. The van der Waals surface area contributed by atoms with Crippen LogP contribution in [0, 0.1) is 13.8 Å². The van der Waals surface area contributed by atoms with E-state index in [0.717, 1.165) is 24.3 Å². The smallest absolute Gasteiger partial charge is 0.113 e. The molecule has 0 saturated carbocycles. The Bertz CT molecular complexity index is 529. The van der Waals surface area contributed by atoms with Crippen molar-refractivity contribution in [3.05, 3.63) is 54.1 Å². The molecule has 2 rings (SSSR count). The van der Waals surface area contributed by atoms with Crippen LogP contribution in [0.5, 0.6) is 0 Å². The first-order valence-electron chi connectivity index (χ1n) is 5.19. The minimum absolute atomic E-state index is 0.554. The summed E-state index contributed by atoms with van der Waals surface area (Å²) in [6.07, 6.45) is -0.554. The van der Waals surface area contributed by atoms with Gasteiger partial charge in [0, 0.05) is 9.35 Å². The molecule has 0 radical (unpaired) electrons. The molecule has 1 atom stereocenters. The molecule has 17 heavy (non-hydrogen) atoms. The molecule has 0 fully saturated rings. The lowest BCUT2D eigenvalue weighted by Crippen LogP contribution is -1.97. The van der Waals surface area contributed by atoms with E-state index < -0.39 is 6.10 Å². The highest BCUT2D eigenvalue weighted by molar-refractivity contribution is 9.11. The molecule has 0 amide bonds. The second-order valence-corrected chi connectivity index (χ2v) is 7.27. The van der Waals surface area contributed by atoms with Gasteiger partial charge < -0.3 is 5.11 Å². The molecule has 1 heterocycles. The predicted molar refractivity (Wildman–Crippen MR) is 79.7 cm³/mol. The summed E-state index contributed by atoms with van der Waals surface area (Å²) < 4.78 is 2.11. The lowest BCUT2D eigenvalue weighted by Gasteiger charge is -2.10. The van der Waals surface area contributed by atoms with Gasteiger partial charge in [-0.15, -0.1) is 11.3 Å². The summed E-state index contributed by atoms with van der Waals surface area (Å²) >= 11 is 8.55. The van der Waals surface area contributed by atoms with Crippen LogP contribution in [0.4, 0.5) is 0 Å². The first-order chi connectivity index (χ1) is 7.99. The molecule has 0 aliphatic heterocycles. The lowest BCUT2D eigenvalue weighted by atomic mass is 10.1. The van der Waals surface area contributed by atoms with Crippen molar-refractivity contribution in [1.29, 1.82) is 0 Å². The molecule has 0 saturated heterocycles. The number of thiophene rings is 1. The minimum atomic E-state index is -0.554. The van der Waals surface area contributed by atoms with E-state index in [1.807, 2.05) is 38.1 Å². The van der Waals surface area contributed by atoms with Crippen LogP contribution in [0.25, 0.3) is 0 Å². The Morgan fingerprint density at radius 3 is 2.35 bits per heavy atom. The van der Waals surface area contributed by atoms with Crippen LogP contribution < -0.4 is 0 Å². The van der Waals surface area contributed by atoms with E-state index in [-0.39, 0.29) is 0 Å². The third-order valence-electron chi connectivity index (χ3n) is 2.66. The molecule has 2 aromatic rings. The van der Waals surface area contributed by atoms with E-state index in [1.165, 1.54) is 5.56 Å². The van der Waals surface area contributed by atoms with Crippen LogP contribution in [0.15, 0.2) is 32.5 Å². The summed E-state index contributed by atoms with van der Waals surface area (Å²) in [5.74, 6) is 0. The highest BCUT2D eigenvalue weighted by Crippen LogP contribution is 2.35. The average molecular weight is 376 g/mol. The van der Waals surface area contributed by atoms with Crippen molar-refractivity contribution in [3.63, 3.8) is 0 Å². The Hall–Kier alpha value is -0.160. The van der Waals surface area contributed by atoms with E-state index in [4.69, 9.17) is 0 Å². The largest absolute Gasteiger partial charge is 0.383 e. The van der Waals surface area contributed by atoms with E-state index in [9.17, 15) is 5.11 Å². The van der Waals surface area contributed by atoms with E-state index in [0.29, 0.717) is 0 Å². The highest BCUT2D eigenvalue weighted by atomic mass is 79.9. The Kier molecular flexibility index (Phi) is 4.08.